The van der Waals surface area contributed by atoms with Crippen molar-refractivity contribution in [2.45, 2.75) is 19.9 Å². The molecular weight excluding hydrogens is 270 g/mol. The Balaban J connectivity index is 2.12. The molecule has 0 aliphatic carbocycles. The molecule has 110 valence electrons. The monoisotopic (exact) mass is 287 g/mol. The zero-order chi connectivity index (χ0) is 15.0. The number of nitrogens with zero attached hydrogens (tertiary/aromatic N) is 2. The summed E-state index contributed by atoms with van der Waals surface area (Å²) in [6, 6.07) is 5.58. The van der Waals surface area contributed by atoms with Crippen molar-refractivity contribution in [2.75, 3.05) is 18.9 Å². The highest BCUT2D eigenvalue weighted by atomic mass is 16.6. The van der Waals surface area contributed by atoms with Crippen LogP contribution in [0.4, 0.5) is 5.82 Å². The molecular formula is C15H17N3O3. The number of ether oxygens (including phenoxy) is 2. The topological polar surface area (TPSA) is 79.4 Å². The maximum atomic E-state index is 11.4. The Morgan fingerprint density at radius 2 is 2.00 bits per heavy atom. The summed E-state index contributed by atoms with van der Waals surface area (Å²) in [4.78, 5) is 11.4. The lowest BCUT2D eigenvalue weighted by Gasteiger charge is -2.18. The van der Waals surface area contributed by atoms with E-state index < -0.39 is 0 Å². The van der Waals surface area contributed by atoms with Gasteiger partial charge < -0.3 is 15.2 Å². The van der Waals surface area contributed by atoms with Crippen molar-refractivity contribution in [1.82, 2.24) is 9.78 Å². The predicted octanol–water partition coefficient (Wildman–Crippen LogP) is 2.30. The summed E-state index contributed by atoms with van der Waals surface area (Å²) in [7, 11) is 0. The molecule has 0 spiro atoms. The first-order valence-electron chi connectivity index (χ1n) is 6.85. The molecule has 0 saturated heterocycles. The number of carbonyl (C=O) groups is 1. The van der Waals surface area contributed by atoms with E-state index in [4.69, 9.17) is 15.2 Å². The number of aromatic nitrogens is 2. The fourth-order valence-corrected chi connectivity index (χ4v) is 2.37. The molecule has 0 radical (unpaired) electrons. The molecule has 1 aliphatic heterocycles. The molecule has 1 aromatic heterocycles. The number of nitrogen functional groups attached to an aromatic ring is 1. The van der Waals surface area contributed by atoms with Crippen molar-refractivity contribution in [3.8, 4) is 22.8 Å². The van der Waals surface area contributed by atoms with Crippen molar-refractivity contribution in [3.05, 3.63) is 23.8 Å². The first kappa shape index (κ1) is 13.5. The van der Waals surface area contributed by atoms with Crippen LogP contribution in [0.1, 0.15) is 30.2 Å². The van der Waals surface area contributed by atoms with Crippen LogP contribution in [0.3, 0.4) is 0 Å². The number of benzene rings is 1. The fourth-order valence-electron chi connectivity index (χ4n) is 2.37. The van der Waals surface area contributed by atoms with Gasteiger partial charge in [-0.05, 0) is 32.0 Å². The second-order valence-electron chi connectivity index (χ2n) is 5.16. The number of aldehydes is 1. The van der Waals surface area contributed by atoms with Gasteiger partial charge in [-0.15, -0.1) is 0 Å². The van der Waals surface area contributed by atoms with Gasteiger partial charge in [0.1, 0.15) is 24.7 Å². The summed E-state index contributed by atoms with van der Waals surface area (Å²) in [5.41, 5.74) is 7.75. The molecule has 0 atom stereocenters. The third kappa shape index (κ3) is 2.22. The largest absolute Gasteiger partial charge is 0.486 e. The normalized spacial score (nSPS) is 13.5. The highest BCUT2D eigenvalue weighted by Gasteiger charge is 2.20. The smallest absolute Gasteiger partial charge is 0.162 e. The molecule has 6 heteroatoms. The first-order chi connectivity index (χ1) is 10.1. The maximum Gasteiger partial charge on any atom is 0.162 e. The van der Waals surface area contributed by atoms with E-state index >= 15 is 0 Å². The van der Waals surface area contributed by atoms with Crippen LogP contribution < -0.4 is 15.2 Å². The zero-order valence-corrected chi connectivity index (χ0v) is 12.0. The molecule has 1 aromatic carbocycles. The van der Waals surface area contributed by atoms with Gasteiger partial charge in [0.2, 0.25) is 0 Å². The van der Waals surface area contributed by atoms with E-state index in [1.807, 2.05) is 32.0 Å². The molecule has 0 fully saturated rings. The minimum absolute atomic E-state index is 0.0784. The minimum atomic E-state index is 0.0784. The van der Waals surface area contributed by atoms with Crippen LogP contribution in [0.25, 0.3) is 11.3 Å². The van der Waals surface area contributed by atoms with Crippen molar-refractivity contribution >= 4 is 12.1 Å². The van der Waals surface area contributed by atoms with Gasteiger partial charge >= 0.3 is 0 Å². The second kappa shape index (κ2) is 5.12. The Bertz CT molecular complexity index is 692. The van der Waals surface area contributed by atoms with Crippen LogP contribution in [0.5, 0.6) is 11.5 Å². The molecule has 21 heavy (non-hydrogen) atoms. The fraction of sp³-hybridized carbons (Fsp3) is 0.333. The van der Waals surface area contributed by atoms with Gasteiger partial charge in [-0.25, -0.2) is 4.68 Å². The Kier molecular flexibility index (Phi) is 3.29. The van der Waals surface area contributed by atoms with Crippen LogP contribution in [0.2, 0.25) is 0 Å². The molecule has 3 rings (SSSR count). The van der Waals surface area contributed by atoms with Gasteiger partial charge in [-0.2, -0.15) is 5.10 Å². The SMILES string of the molecule is CC(C)n1nc(-c2ccc3c(c2)OCCO3)c(C=O)c1N. The molecule has 2 N–H and O–H groups in total. The summed E-state index contributed by atoms with van der Waals surface area (Å²) in [5, 5.41) is 4.46. The first-order valence-corrected chi connectivity index (χ1v) is 6.85. The number of carbonyl (C=O) groups excluding carboxylic acids is 1. The second-order valence-corrected chi connectivity index (χ2v) is 5.16. The summed E-state index contributed by atoms with van der Waals surface area (Å²) in [6.07, 6.45) is 0.743. The molecule has 2 heterocycles. The van der Waals surface area contributed by atoms with E-state index in [-0.39, 0.29) is 6.04 Å². The van der Waals surface area contributed by atoms with Gasteiger partial charge in [0.25, 0.3) is 0 Å². The van der Waals surface area contributed by atoms with Gasteiger partial charge in [0.15, 0.2) is 17.8 Å². The lowest BCUT2D eigenvalue weighted by atomic mass is 10.1. The van der Waals surface area contributed by atoms with E-state index in [2.05, 4.69) is 5.10 Å². The third-order valence-corrected chi connectivity index (χ3v) is 3.41. The molecule has 0 bridgehead atoms. The molecule has 0 amide bonds. The molecule has 0 unspecified atom stereocenters. The van der Waals surface area contributed by atoms with E-state index in [1.165, 1.54) is 0 Å². The highest BCUT2D eigenvalue weighted by Crippen LogP contribution is 2.36. The molecule has 2 aromatic rings. The summed E-state index contributed by atoms with van der Waals surface area (Å²) in [6.45, 7) is 4.98. The number of hydrogen-bond donors (Lipinski definition) is 1. The number of fused-ring (bicyclic) bond motifs is 1. The van der Waals surface area contributed by atoms with E-state index in [9.17, 15) is 4.79 Å². The van der Waals surface area contributed by atoms with Crippen LogP contribution in [0.15, 0.2) is 18.2 Å². The van der Waals surface area contributed by atoms with Gasteiger partial charge in [0.05, 0.1) is 5.56 Å². The predicted molar refractivity (Wildman–Crippen MR) is 78.8 cm³/mol. The Labute approximate surface area is 122 Å². The minimum Gasteiger partial charge on any atom is -0.486 e. The average Bonchev–Trinajstić information content (AvgIpc) is 2.83. The lowest BCUT2D eigenvalue weighted by Crippen LogP contribution is -2.15. The van der Waals surface area contributed by atoms with Gasteiger partial charge in [-0.1, -0.05) is 0 Å². The summed E-state index contributed by atoms with van der Waals surface area (Å²) >= 11 is 0. The van der Waals surface area contributed by atoms with E-state index in [0.29, 0.717) is 41.8 Å². The van der Waals surface area contributed by atoms with Crippen LogP contribution in [-0.2, 0) is 0 Å². The van der Waals surface area contributed by atoms with Gasteiger partial charge in [-0.3, -0.25) is 4.79 Å². The summed E-state index contributed by atoms with van der Waals surface area (Å²) < 4.78 is 12.7. The van der Waals surface area contributed by atoms with Crippen LogP contribution in [0, 0.1) is 0 Å². The highest BCUT2D eigenvalue weighted by molar-refractivity contribution is 5.92. The average molecular weight is 287 g/mol. The van der Waals surface area contributed by atoms with Crippen molar-refractivity contribution < 1.29 is 14.3 Å². The van der Waals surface area contributed by atoms with Crippen molar-refractivity contribution in [1.29, 1.82) is 0 Å². The Hall–Kier alpha value is -2.50. The molecule has 6 nitrogen and oxygen atoms in total. The van der Waals surface area contributed by atoms with E-state index in [1.54, 1.807) is 4.68 Å². The van der Waals surface area contributed by atoms with Crippen molar-refractivity contribution in [3.63, 3.8) is 0 Å². The number of anilines is 1. The number of nitrogens with two attached hydrogens (primary N) is 1. The van der Waals surface area contributed by atoms with Crippen LogP contribution in [-0.4, -0.2) is 29.3 Å². The maximum absolute atomic E-state index is 11.4. The van der Waals surface area contributed by atoms with Crippen molar-refractivity contribution in [2.24, 2.45) is 0 Å². The molecule has 1 aliphatic rings. The lowest BCUT2D eigenvalue weighted by molar-refractivity contribution is 0.112. The standard InChI is InChI=1S/C15H17N3O3/c1-9(2)18-15(16)11(8-19)14(17-18)10-3-4-12-13(7-10)21-6-5-20-12/h3-4,7-9H,5-6,16H2,1-2H3. The zero-order valence-electron chi connectivity index (χ0n) is 12.0. The Morgan fingerprint density at radius 3 is 2.67 bits per heavy atom. The quantitative estimate of drug-likeness (QED) is 0.876. The number of hydrogen-bond acceptors (Lipinski definition) is 5. The van der Waals surface area contributed by atoms with Crippen LogP contribution >= 0.6 is 0 Å². The van der Waals surface area contributed by atoms with Gasteiger partial charge in [0, 0.05) is 11.6 Å². The molecule has 0 saturated carbocycles. The third-order valence-electron chi connectivity index (χ3n) is 3.41. The number of rotatable bonds is 3. The summed E-state index contributed by atoms with van der Waals surface area (Å²) in [5.74, 6) is 1.74. The Morgan fingerprint density at radius 1 is 1.29 bits per heavy atom. The van der Waals surface area contributed by atoms with E-state index in [0.717, 1.165) is 11.8 Å².